The zero-order chi connectivity index (χ0) is 39.8. The molecule has 6 N–H and O–H groups in total. The molecule has 292 valence electrons. The molecule has 4 aromatic rings. The summed E-state index contributed by atoms with van der Waals surface area (Å²) in [5, 5.41) is 1.98. The number of aromatic amines is 1. The van der Waals surface area contributed by atoms with Crippen molar-refractivity contribution < 1.29 is 51.8 Å². The van der Waals surface area contributed by atoms with Crippen LogP contribution in [0.3, 0.4) is 0 Å². The van der Waals surface area contributed by atoms with E-state index in [1.165, 1.54) is 29.8 Å². The Bertz CT molecular complexity index is 1900. The number of carbonyl (C=O) groups excluding carboxylic acids is 4. The number of hydrogen-bond acceptors (Lipinski definition) is 10. The molecule has 0 spiro atoms. The molecule has 0 aliphatic carbocycles. The number of aromatic nitrogens is 1. The summed E-state index contributed by atoms with van der Waals surface area (Å²) in [7, 11) is -4.02. The molecule has 1 amide bonds. The van der Waals surface area contributed by atoms with Gasteiger partial charge in [0, 0.05) is 23.0 Å². The number of nitrogens with one attached hydrogen (secondary N) is 1. The fraction of sp³-hybridized carbons (Fsp3) is 0.368. The Labute approximate surface area is 311 Å². The molecule has 0 radical (unpaired) electrons. The number of nitrogens with two attached hydrogens (primary N) is 1. The first kappa shape index (κ1) is 47.9. The molecule has 0 saturated heterocycles. The number of aryl methyl sites for hydroxylation is 3. The first-order valence-electron chi connectivity index (χ1n) is 16.5. The lowest BCUT2D eigenvalue weighted by Gasteiger charge is -2.24. The van der Waals surface area contributed by atoms with Gasteiger partial charge in [-0.25, -0.2) is 25.2 Å². The summed E-state index contributed by atoms with van der Waals surface area (Å²) in [5.41, 5.74) is 5.13. The Morgan fingerprint density at radius 3 is 1.72 bits per heavy atom. The van der Waals surface area contributed by atoms with E-state index in [1.54, 1.807) is 65.0 Å². The molecule has 0 saturated carbocycles. The van der Waals surface area contributed by atoms with Crippen LogP contribution in [-0.2, 0) is 29.1 Å². The standard InChI is InChI=1S/C14H20N2O4.C13H15NO2.C7H8O3S.C4H8O.H2O/c1-5-19-12(17)10-6-8-11(9-7-10)16(15)13(18)20-14(2,3)4;1-4-16-13(15)10-5-6-12-11(7-10)8(2)9(3)14-12;1-6-2-4-7(5-3-6)11(8,9)10;1-3-4(2)5;/h6-9H,5,15H2,1-4H3;5-7,14H,4H2,1-3H3;2-5H,1H3,(H,8,9,10);3H2,1-2H3;1H2. The van der Waals surface area contributed by atoms with E-state index in [0.717, 1.165) is 27.2 Å². The van der Waals surface area contributed by atoms with Gasteiger partial charge in [-0.3, -0.25) is 4.55 Å². The fourth-order valence-corrected chi connectivity index (χ4v) is 4.38. The van der Waals surface area contributed by atoms with Crippen LogP contribution < -0.4 is 10.9 Å². The highest BCUT2D eigenvalue weighted by molar-refractivity contribution is 7.85. The van der Waals surface area contributed by atoms with Crippen molar-refractivity contribution in [2.45, 2.75) is 86.2 Å². The molecule has 53 heavy (non-hydrogen) atoms. The van der Waals surface area contributed by atoms with Crippen LogP contribution in [0.4, 0.5) is 10.5 Å². The zero-order valence-electron chi connectivity index (χ0n) is 32.0. The Kier molecular flexibility index (Phi) is 20.0. The number of hydrogen-bond donors (Lipinski definition) is 3. The summed E-state index contributed by atoms with van der Waals surface area (Å²) >= 11 is 0. The summed E-state index contributed by atoms with van der Waals surface area (Å²) in [5.74, 6) is 5.25. The molecule has 0 bridgehead atoms. The predicted molar refractivity (Wildman–Crippen MR) is 205 cm³/mol. The van der Waals surface area contributed by atoms with Crippen molar-refractivity contribution in [2.75, 3.05) is 18.2 Å². The third kappa shape index (κ3) is 16.9. The summed E-state index contributed by atoms with van der Waals surface area (Å²) in [6.07, 6.45) is 0.00128. The Morgan fingerprint density at radius 1 is 0.811 bits per heavy atom. The molecule has 1 heterocycles. The number of amides is 1. The van der Waals surface area contributed by atoms with Gasteiger partial charge < -0.3 is 29.5 Å². The molecule has 0 aliphatic heterocycles. The number of nitrogens with zero attached hydrogens (tertiary/aromatic N) is 1. The number of H-pyrrole nitrogens is 1. The van der Waals surface area contributed by atoms with Crippen LogP contribution in [0.2, 0.25) is 0 Å². The number of fused-ring (bicyclic) bond motifs is 1. The van der Waals surface area contributed by atoms with E-state index >= 15 is 0 Å². The molecular formula is C38H53N3O11S. The molecule has 1 aromatic heterocycles. The van der Waals surface area contributed by atoms with Crippen molar-refractivity contribution in [3.8, 4) is 0 Å². The SMILES string of the molecule is CCC(C)=O.CCOC(=O)c1ccc(N(N)C(=O)OC(C)(C)C)cc1.CCOC(=O)c1ccc2[nH]c(C)c(C)c2c1.Cc1ccc(S(=O)(=O)O)cc1.O. The second-order valence-electron chi connectivity index (χ2n) is 12.3. The number of hydrazine groups is 1. The number of esters is 2. The van der Waals surface area contributed by atoms with Gasteiger partial charge in [0.1, 0.15) is 11.4 Å². The minimum Gasteiger partial charge on any atom is -0.462 e. The van der Waals surface area contributed by atoms with Crippen LogP contribution >= 0.6 is 0 Å². The lowest BCUT2D eigenvalue weighted by atomic mass is 10.1. The van der Waals surface area contributed by atoms with Gasteiger partial charge in [-0.1, -0.05) is 24.6 Å². The Morgan fingerprint density at radius 2 is 1.28 bits per heavy atom. The van der Waals surface area contributed by atoms with E-state index in [9.17, 15) is 27.6 Å². The lowest BCUT2D eigenvalue weighted by molar-refractivity contribution is -0.116. The molecule has 15 heteroatoms. The van der Waals surface area contributed by atoms with Gasteiger partial charge in [0.25, 0.3) is 10.1 Å². The van der Waals surface area contributed by atoms with Gasteiger partial charge in [-0.15, -0.1) is 0 Å². The van der Waals surface area contributed by atoms with E-state index in [-0.39, 0.29) is 22.1 Å². The highest BCUT2D eigenvalue weighted by atomic mass is 32.2. The number of rotatable bonds is 7. The smallest absolute Gasteiger partial charge is 0.429 e. The molecule has 0 atom stereocenters. The minimum atomic E-state index is -4.02. The highest BCUT2D eigenvalue weighted by Crippen LogP contribution is 2.23. The van der Waals surface area contributed by atoms with Gasteiger partial charge in [-0.2, -0.15) is 8.42 Å². The van der Waals surface area contributed by atoms with Crippen molar-refractivity contribution >= 4 is 50.5 Å². The van der Waals surface area contributed by atoms with Crippen LogP contribution in [0.25, 0.3) is 10.9 Å². The maximum Gasteiger partial charge on any atom is 0.429 e. The second kappa shape index (κ2) is 22.1. The van der Waals surface area contributed by atoms with Gasteiger partial charge in [0.2, 0.25) is 0 Å². The summed E-state index contributed by atoms with van der Waals surface area (Å²) in [6.45, 7) is 18.9. The van der Waals surface area contributed by atoms with E-state index in [2.05, 4.69) is 4.98 Å². The van der Waals surface area contributed by atoms with Crippen LogP contribution in [0.15, 0.2) is 71.6 Å². The third-order valence-corrected chi connectivity index (χ3v) is 7.75. The second-order valence-corrected chi connectivity index (χ2v) is 13.7. The van der Waals surface area contributed by atoms with Crippen molar-refractivity contribution in [3.63, 3.8) is 0 Å². The largest absolute Gasteiger partial charge is 0.462 e. The maximum absolute atomic E-state index is 11.8. The first-order valence-corrected chi connectivity index (χ1v) is 17.9. The van der Waals surface area contributed by atoms with E-state index in [4.69, 9.17) is 24.6 Å². The molecule has 0 unspecified atom stereocenters. The van der Waals surface area contributed by atoms with Gasteiger partial charge in [0.05, 0.1) is 34.9 Å². The normalized spacial score (nSPS) is 10.4. The summed E-state index contributed by atoms with van der Waals surface area (Å²) < 4.78 is 44.5. The van der Waals surface area contributed by atoms with Gasteiger partial charge in [-0.05, 0) is 122 Å². The minimum absolute atomic E-state index is 0. The van der Waals surface area contributed by atoms with Gasteiger partial charge >= 0.3 is 18.0 Å². The van der Waals surface area contributed by atoms with Crippen LogP contribution in [0.5, 0.6) is 0 Å². The Balaban J connectivity index is 0.000000734. The van der Waals surface area contributed by atoms with Crippen molar-refractivity contribution in [2.24, 2.45) is 5.84 Å². The van der Waals surface area contributed by atoms with Crippen molar-refractivity contribution in [3.05, 3.63) is 94.7 Å². The average molecular weight is 760 g/mol. The quantitative estimate of drug-likeness (QED) is 0.0441. The summed E-state index contributed by atoms with van der Waals surface area (Å²) in [6, 6.07) is 17.8. The molecule has 0 aliphatic rings. The van der Waals surface area contributed by atoms with Crippen LogP contribution in [0.1, 0.15) is 92.4 Å². The number of carbonyl (C=O) groups is 4. The molecule has 0 fully saturated rings. The monoisotopic (exact) mass is 759 g/mol. The maximum atomic E-state index is 11.8. The van der Waals surface area contributed by atoms with E-state index < -0.39 is 27.8 Å². The van der Waals surface area contributed by atoms with E-state index in [1.807, 2.05) is 46.8 Å². The molecular weight excluding hydrogens is 706 g/mol. The van der Waals surface area contributed by atoms with Crippen LogP contribution in [0, 0.1) is 20.8 Å². The number of ketones is 1. The number of anilines is 1. The average Bonchev–Trinajstić information content (AvgIpc) is 3.36. The Hall–Kier alpha value is -5.09. The summed E-state index contributed by atoms with van der Waals surface area (Å²) in [4.78, 5) is 47.8. The number of Topliss-reactive ketones (excluding diaryl/α,β-unsaturated/α-hetero) is 1. The predicted octanol–water partition coefficient (Wildman–Crippen LogP) is 6.84. The molecule has 3 aromatic carbocycles. The van der Waals surface area contributed by atoms with Crippen LogP contribution in [-0.4, -0.2) is 66.1 Å². The fourth-order valence-electron chi connectivity index (χ4n) is 3.90. The van der Waals surface area contributed by atoms with Crippen molar-refractivity contribution in [1.29, 1.82) is 0 Å². The van der Waals surface area contributed by atoms with Crippen molar-refractivity contribution in [1.82, 2.24) is 4.98 Å². The lowest BCUT2D eigenvalue weighted by Crippen LogP contribution is -2.41. The highest BCUT2D eigenvalue weighted by Gasteiger charge is 2.21. The zero-order valence-corrected chi connectivity index (χ0v) is 32.8. The molecule has 14 nitrogen and oxygen atoms in total. The number of benzene rings is 3. The number of ether oxygens (including phenoxy) is 3. The van der Waals surface area contributed by atoms with Gasteiger partial charge in [0.15, 0.2) is 0 Å². The first-order chi connectivity index (χ1) is 24.1. The van der Waals surface area contributed by atoms with E-state index in [0.29, 0.717) is 36.4 Å². The topological polar surface area (TPSA) is 227 Å². The molecule has 4 rings (SSSR count). The third-order valence-electron chi connectivity index (χ3n) is 6.88.